The molecule has 0 heterocycles. The Bertz CT molecular complexity index is 1490. The van der Waals surface area contributed by atoms with Crippen LogP contribution in [0.4, 0.5) is 11.4 Å². The number of hydrogen-bond donors (Lipinski definition) is 2. The molecular weight excluding hydrogens is 444 g/mol. The van der Waals surface area contributed by atoms with E-state index in [9.17, 15) is 16.8 Å². The summed E-state index contributed by atoms with van der Waals surface area (Å²) < 4.78 is 56.3. The number of benzene rings is 4. The first-order chi connectivity index (χ1) is 15.2. The molecule has 2 N–H and O–H groups in total. The molecule has 8 heteroatoms. The standard InChI is InChI=1S/C24H22N2O4S2/c1-17-6-5-7-18(2)24(17)26-31(27,28)22-14-11-21(12-15-22)25-32(29,30)23-13-10-19-8-3-4-9-20(19)16-23/h3-16,25-26H,1-2H3. The fourth-order valence-electron chi connectivity index (χ4n) is 3.42. The molecule has 164 valence electrons. The zero-order valence-corrected chi connectivity index (χ0v) is 19.2. The molecule has 4 aromatic rings. The van der Waals surface area contributed by atoms with Gasteiger partial charge in [-0.1, -0.05) is 48.5 Å². The molecule has 4 aromatic carbocycles. The van der Waals surface area contributed by atoms with Gasteiger partial charge in [-0.2, -0.15) is 0 Å². The lowest BCUT2D eigenvalue weighted by Crippen LogP contribution is -2.15. The third-order valence-corrected chi connectivity index (χ3v) is 7.91. The summed E-state index contributed by atoms with van der Waals surface area (Å²) in [5.74, 6) is 0. The molecule has 0 atom stereocenters. The molecule has 0 spiro atoms. The molecule has 4 rings (SSSR count). The molecule has 0 bridgehead atoms. The van der Waals surface area contributed by atoms with E-state index in [4.69, 9.17) is 0 Å². The van der Waals surface area contributed by atoms with Crippen molar-refractivity contribution in [2.45, 2.75) is 23.6 Å². The van der Waals surface area contributed by atoms with Crippen molar-refractivity contribution in [3.63, 3.8) is 0 Å². The van der Waals surface area contributed by atoms with Gasteiger partial charge in [0.15, 0.2) is 0 Å². The number of hydrogen-bond acceptors (Lipinski definition) is 4. The maximum atomic E-state index is 12.8. The van der Waals surface area contributed by atoms with Gasteiger partial charge in [0.1, 0.15) is 0 Å². The van der Waals surface area contributed by atoms with E-state index in [1.165, 1.54) is 30.3 Å². The second-order valence-corrected chi connectivity index (χ2v) is 10.9. The van der Waals surface area contributed by atoms with Crippen LogP contribution in [0.25, 0.3) is 10.8 Å². The molecule has 0 radical (unpaired) electrons. The zero-order chi connectivity index (χ0) is 22.9. The molecular formula is C24H22N2O4S2. The van der Waals surface area contributed by atoms with Gasteiger partial charge < -0.3 is 0 Å². The highest BCUT2D eigenvalue weighted by molar-refractivity contribution is 7.93. The predicted octanol–water partition coefficient (Wildman–Crippen LogP) is 5.06. The van der Waals surface area contributed by atoms with Crippen LogP contribution in [0.2, 0.25) is 0 Å². The van der Waals surface area contributed by atoms with E-state index in [2.05, 4.69) is 9.44 Å². The van der Waals surface area contributed by atoms with E-state index in [0.29, 0.717) is 5.69 Å². The van der Waals surface area contributed by atoms with Crippen LogP contribution in [-0.4, -0.2) is 16.8 Å². The number of rotatable bonds is 6. The third-order valence-electron chi connectivity index (χ3n) is 5.17. The molecule has 6 nitrogen and oxygen atoms in total. The van der Waals surface area contributed by atoms with Crippen molar-refractivity contribution in [1.82, 2.24) is 0 Å². The maximum Gasteiger partial charge on any atom is 0.261 e. The molecule has 0 saturated carbocycles. The monoisotopic (exact) mass is 466 g/mol. The van der Waals surface area contributed by atoms with Crippen LogP contribution < -0.4 is 9.44 Å². The molecule has 0 aliphatic carbocycles. The predicted molar refractivity (Wildman–Crippen MR) is 128 cm³/mol. The lowest BCUT2D eigenvalue weighted by atomic mass is 10.1. The molecule has 0 fully saturated rings. The Morgan fingerprint density at radius 2 is 1.12 bits per heavy atom. The molecule has 0 aliphatic heterocycles. The highest BCUT2D eigenvalue weighted by Crippen LogP contribution is 2.25. The first kappa shape index (κ1) is 21.9. The largest absolute Gasteiger partial charge is 0.280 e. The summed E-state index contributed by atoms with van der Waals surface area (Å²) in [6.07, 6.45) is 0. The maximum absolute atomic E-state index is 12.8. The first-order valence-corrected chi connectivity index (χ1v) is 12.8. The lowest BCUT2D eigenvalue weighted by Gasteiger charge is -2.14. The summed E-state index contributed by atoms with van der Waals surface area (Å²) in [4.78, 5) is 0.165. The molecule has 0 unspecified atom stereocenters. The number of sulfonamides is 2. The average molecular weight is 467 g/mol. The summed E-state index contributed by atoms with van der Waals surface area (Å²) in [6, 6.07) is 23.5. The van der Waals surface area contributed by atoms with Crippen LogP contribution >= 0.6 is 0 Å². The van der Waals surface area contributed by atoms with E-state index in [0.717, 1.165) is 21.9 Å². The molecule has 32 heavy (non-hydrogen) atoms. The summed E-state index contributed by atoms with van der Waals surface area (Å²) >= 11 is 0. The van der Waals surface area contributed by atoms with Gasteiger partial charge in [-0.05, 0) is 72.1 Å². The average Bonchev–Trinajstić information content (AvgIpc) is 2.76. The van der Waals surface area contributed by atoms with Crippen molar-refractivity contribution in [3.05, 3.63) is 96.1 Å². The van der Waals surface area contributed by atoms with Gasteiger partial charge in [0.05, 0.1) is 15.5 Å². The van der Waals surface area contributed by atoms with Crippen molar-refractivity contribution >= 4 is 42.2 Å². The summed E-state index contributed by atoms with van der Waals surface area (Å²) in [5, 5.41) is 1.76. The number of para-hydroxylation sites is 1. The van der Waals surface area contributed by atoms with Gasteiger partial charge >= 0.3 is 0 Å². The minimum Gasteiger partial charge on any atom is -0.280 e. The van der Waals surface area contributed by atoms with E-state index < -0.39 is 20.0 Å². The second kappa shape index (κ2) is 8.29. The quantitative estimate of drug-likeness (QED) is 0.416. The highest BCUT2D eigenvalue weighted by Gasteiger charge is 2.18. The Hall–Kier alpha value is -3.36. The van der Waals surface area contributed by atoms with Crippen molar-refractivity contribution in [2.24, 2.45) is 0 Å². The van der Waals surface area contributed by atoms with Gasteiger partial charge in [-0.15, -0.1) is 0 Å². The minimum absolute atomic E-state index is 0.0359. The van der Waals surface area contributed by atoms with Crippen molar-refractivity contribution in [1.29, 1.82) is 0 Å². The van der Waals surface area contributed by atoms with Crippen LogP contribution in [-0.2, 0) is 20.0 Å². The Morgan fingerprint density at radius 3 is 1.78 bits per heavy atom. The zero-order valence-electron chi connectivity index (χ0n) is 17.5. The van der Waals surface area contributed by atoms with Crippen molar-refractivity contribution < 1.29 is 16.8 Å². The fraction of sp³-hybridized carbons (Fsp3) is 0.0833. The van der Waals surface area contributed by atoms with Gasteiger partial charge in [0, 0.05) is 5.69 Å². The molecule has 0 saturated heterocycles. The lowest BCUT2D eigenvalue weighted by molar-refractivity contribution is 0.600. The van der Waals surface area contributed by atoms with Crippen LogP contribution in [0.5, 0.6) is 0 Å². The second-order valence-electron chi connectivity index (χ2n) is 7.51. The Balaban J connectivity index is 1.56. The topological polar surface area (TPSA) is 92.3 Å². The smallest absolute Gasteiger partial charge is 0.261 e. The SMILES string of the molecule is Cc1cccc(C)c1NS(=O)(=O)c1ccc(NS(=O)(=O)c2ccc3ccccc3c2)cc1. The fourth-order valence-corrected chi connectivity index (χ4v) is 5.72. The number of aryl methyl sites for hydroxylation is 2. The molecule has 0 amide bonds. The first-order valence-electron chi connectivity index (χ1n) is 9.86. The Morgan fingerprint density at radius 1 is 0.562 bits per heavy atom. The van der Waals surface area contributed by atoms with E-state index in [-0.39, 0.29) is 15.5 Å². The normalized spacial score (nSPS) is 11.9. The van der Waals surface area contributed by atoms with Gasteiger partial charge in [0.2, 0.25) is 0 Å². The van der Waals surface area contributed by atoms with Crippen molar-refractivity contribution in [3.8, 4) is 0 Å². The van der Waals surface area contributed by atoms with Crippen LogP contribution in [0.3, 0.4) is 0 Å². The van der Waals surface area contributed by atoms with Gasteiger partial charge in [-0.25, -0.2) is 16.8 Å². The summed E-state index contributed by atoms with van der Waals surface area (Å²) in [6.45, 7) is 3.66. The third kappa shape index (κ3) is 4.46. The molecule has 0 aliphatic rings. The number of fused-ring (bicyclic) bond motifs is 1. The number of anilines is 2. The van der Waals surface area contributed by atoms with Crippen LogP contribution in [0, 0.1) is 13.8 Å². The van der Waals surface area contributed by atoms with Gasteiger partial charge in [0.25, 0.3) is 20.0 Å². The number of nitrogens with one attached hydrogen (secondary N) is 2. The Kier molecular flexibility index (Phi) is 5.66. The summed E-state index contributed by atoms with van der Waals surface area (Å²) in [5.41, 5.74) is 2.43. The highest BCUT2D eigenvalue weighted by atomic mass is 32.2. The van der Waals surface area contributed by atoms with Crippen LogP contribution in [0.15, 0.2) is 94.7 Å². The molecule has 0 aromatic heterocycles. The van der Waals surface area contributed by atoms with E-state index in [1.807, 2.05) is 56.3 Å². The van der Waals surface area contributed by atoms with E-state index >= 15 is 0 Å². The van der Waals surface area contributed by atoms with E-state index in [1.54, 1.807) is 12.1 Å². The van der Waals surface area contributed by atoms with Crippen molar-refractivity contribution in [2.75, 3.05) is 9.44 Å². The summed E-state index contributed by atoms with van der Waals surface area (Å²) in [7, 11) is -7.65. The minimum atomic E-state index is -3.83. The Labute approximate surface area is 188 Å². The van der Waals surface area contributed by atoms with Crippen LogP contribution in [0.1, 0.15) is 11.1 Å². The van der Waals surface area contributed by atoms with Gasteiger partial charge in [-0.3, -0.25) is 9.44 Å².